The highest BCUT2D eigenvalue weighted by Crippen LogP contribution is 2.11. The molecule has 1 aliphatic rings. The molecule has 1 heterocycles. The van der Waals surface area contributed by atoms with Gasteiger partial charge in [-0.1, -0.05) is 20.8 Å². The molecule has 1 unspecified atom stereocenters. The van der Waals surface area contributed by atoms with Gasteiger partial charge >= 0.3 is 5.97 Å². The van der Waals surface area contributed by atoms with E-state index in [1.807, 2.05) is 20.8 Å². The van der Waals surface area contributed by atoms with E-state index in [4.69, 9.17) is 0 Å². The lowest BCUT2D eigenvalue weighted by Gasteiger charge is -1.88. The largest absolute Gasteiger partial charge is 0.465 e. The van der Waals surface area contributed by atoms with Crippen molar-refractivity contribution in [1.82, 2.24) is 0 Å². The van der Waals surface area contributed by atoms with Gasteiger partial charge in [0.25, 0.3) is 0 Å². The van der Waals surface area contributed by atoms with Gasteiger partial charge in [-0.15, -0.1) is 0 Å². The summed E-state index contributed by atoms with van der Waals surface area (Å²) in [6.45, 7) is 6.51. The molecule has 0 amide bonds. The fourth-order valence-corrected chi connectivity index (χ4v) is 0.596. The van der Waals surface area contributed by atoms with Crippen LogP contribution in [0.3, 0.4) is 0 Å². The van der Waals surface area contributed by atoms with Gasteiger partial charge in [-0.2, -0.15) is 0 Å². The number of hydrogen-bond acceptors (Lipinski definition) is 2. The maximum absolute atomic E-state index is 10.4. The van der Waals surface area contributed by atoms with Crippen molar-refractivity contribution in [1.29, 1.82) is 0 Å². The van der Waals surface area contributed by atoms with E-state index in [1.54, 1.807) is 0 Å². The van der Waals surface area contributed by atoms with Crippen LogP contribution in [0.5, 0.6) is 0 Å². The molecule has 0 aromatic carbocycles. The van der Waals surface area contributed by atoms with E-state index >= 15 is 0 Å². The molecule has 1 fully saturated rings. The van der Waals surface area contributed by atoms with E-state index in [9.17, 15) is 4.79 Å². The van der Waals surface area contributed by atoms with Gasteiger partial charge in [-0.05, 0) is 6.42 Å². The molecule has 1 saturated heterocycles. The summed E-state index contributed by atoms with van der Waals surface area (Å²) in [5, 5.41) is 0. The monoisotopic (exact) mass is 130 g/mol. The van der Waals surface area contributed by atoms with Crippen molar-refractivity contribution in [2.75, 3.05) is 6.61 Å². The minimum absolute atomic E-state index is 0.0417. The third kappa shape index (κ3) is 2.49. The average molecular weight is 130 g/mol. The molecule has 0 aliphatic carbocycles. The molecule has 0 aromatic heterocycles. The molecule has 0 saturated carbocycles. The van der Waals surface area contributed by atoms with Crippen LogP contribution in [-0.2, 0) is 9.53 Å². The topological polar surface area (TPSA) is 26.3 Å². The van der Waals surface area contributed by atoms with E-state index in [0.717, 1.165) is 6.42 Å². The van der Waals surface area contributed by atoms with Crippen LogP contribution in [0.25, 0.3) is 0 Å². The lowest BCUT2D eigenvalue weighted by atomic mass is 10.2. The summed E-state index contributed by atoms with van der Waals surface area (Å²) in [6.07, 6.45) is 0.902. The smallest absolute Gasteiger partial charge is 0.308 e. The molecule has 0 radical (unpaired) electrons. The number of rotatable bonds is 0. The summed E-state index contributed by atoms with van der Waals surface area (Å²) in [6, 6.07) is 0. The maximum atomic E-state index is 10.4. The Kier molecular flexibility index (Phi) is 4.10. The van der Waals surface area contributed by atoms with E-state index in [1.165, 1.54) is 0 Å². The van der Waals surface area contributed by atoms with Crippen molar-refractivity contribution in [2.45, 2.75) is 27.2 Å². The number of hydrogen-bond donors (Lipinski definition) is 0. The normalized spacial score (nSPS) is 24.3. The highest BCUT2D eigenvalue weighted by molar-refractivity contribution is 5.73. The van der Waals surface area contributed by atoms with Gasteiger partial charge < -0.3 is 4.74 Å². The van der Waals surface area contributed by atoms with Gasteiger partial charge in [0, 0.05) is 0 Å². The number of esters is 1. The van der Waals surface area contributed by atoms with Crippen molar-refractivity contribution in [3.05, 3.63) is 0 Å². The van der Waals surface area contributed by atoms with Gasteiger partial charge in [-0.3, -0.25) is 4.79 Å². The molecule has 0 N–H and O–H groups in total. The summed E-state index contributed by atoms with van der Waals surface area (Å²) >= 11 is 0. The molecular formula is C7H14O2. The van der Waals surface area contributed by atoms with E-state index < -0.39 is 0 Å². The Hall–Kier alpha value is -0.530. The number of cyclic esters (lactones) is 1. The maximum Gasteiger partial charge on any atom is 0.308 e. The zero-order valence-corrected chi connectivity index (χ0v) is 6.31. The Balaban J connectivity index is 0.000000291. The molecule has 1 aliphatic heterocycles. The Bertz CT molecular complexity index is 88.9. The third-order valence-corrected chi connectivity index (χ3v) is 1.20. The Morgan fingerprint density at radius 3 is 2.22 bits per heavy atom. The minimum atomic E-state index is -0.0417. The minimum Gasteiger partial charge on any atom is -0.465 e. The van der Waals surface area contributed by atoms with Crippen LogP contribution in [0.15, 0.2) is 0 Å². The number of ether oxygens (including phenoxy) is 1. The first-order valence-electron chi connectivity index (χ1n) is 3.47. The van der Waals surface area contributed by atoms with Crippen LogP contribution in [0.4, 0.5) is 0 Å². The predicted octanol–water partition coefficient (Wildman–Crippen LogP) is 1.60. The van der Waals surface area contributed by atoms with Crippen molar-refractivity contribution in [2.24, 2.45) is 5.92 Å². The highest BCUT2D eigenvalue weighted by Gasteiger charge is 2.20. The average Bonchev–Trinajstić information content (AvgIpc) is 2.23. The molecule has 0 bridgehead atoms. The first-order chi connectivity index (χ1) is 4.30. The summed E-state index contributed by atoms with van der Waals surface area (Å²) < 4.78 is 4.63. The van der Waals surface area contributed by atoms with E-state index in [-0.39, 0.29) is 11.9 Å². The molecule has 2 heteroatoms. The molecule has 1 atom stereocenters. The molecule has 0 aromatic rings. The first-order valence-corrected chi connectivity index (χ1v) is 3.47. The molecule has 0 spiro atoms. The molecule has 54 valence electrons. The zero-order valence-electron chi connectivity index (χ0n) is 6.31. The SMILES string of the molecule is CC.CC1CCOC1=O. The standard InChI is InChI=1S/C5H8O2.C2H6/c1-4-2-3-7-5(4)6;1-2/h4H,2-3H2,1H3;1-2H3. The fraction of sp³-hybridized carbons (Fsp3) is 0.857. The third-order valence-electron chi connectivity index (χ3n) is 1.20. The van der Waals surface area contributed by atoms with Gasteiger partial charge in [0.05, 0.1) is 12.5 Å². The highest BCUT2D eigenvalue weighted by atomic mass is 16.5. The lowest BCUT2D eigenvalue weighted by molar-refractivity contribution is -0.140. The zero-order chi connectivity index (χ0) is 7.28. The molecule has 1 rings (SSSR count). The summed E-state index contributed by atoms with van der Waals surface area (Å²) in [5.74, 6) is 0.111. The molecule has 9 heavy (non-hydrogen) atoms. The van der Waals surface area contributed by atoms with Gasteiger partial charge in [-0.25, -0.2) is 0 Å². The van der Waals surface area contributed by atoms with Crippen LogP contribution in [0.2, 0.25) is 0 Å². The Morgan fingerprint density at radius 1 is 1.56 bits per heavy atom. The van der Waals surface area contributed by atoms with Crippen LogP contribution in [-0.4, -0.2) is 12.6 Å². The lowest BCUT2D eigenvalue weighted by Crippen LogP contribution is -2.00. The predicted molar refractivity (Wildman–Crippen MR) is 36.1 cm³/mol. The quantitative estimate of drug-likeness (QED) is 0.465. The van der Waals surface area contributed by atoms with E-state index in [2.05, 4.69) is 4.74 Å². The van der Waals surface area contributed by atoms with Crippen LogP contribution in [0, 0.1) is 5.92 Å². The Morgan fingerprint density at radius 2 is 2.11 bits per heavy atom. The van der Waals surface area contributed by atoms with Crippen LogP contribution in [0.1, 0.15) is 27.2 Å². The summed E-state index contributed by atoms with van der Waals surface area (Å²) in [7, 11) is 0. The summed E-state index contributed by atoms with van der Waals surface area (Å²) in [4.78, 5) is 10.4. The summed E-state index contributed by atoms with van der Waals surface area (Å²) in [5.41, 5.74) is 0. The van der Waals surface area contributed by atoms with Crippen LogP contribution < -0.4 is 0 Å². The first kappa shape index (κ1) is 8.47. The second-order valence-electron chi connectivity index (χ2n) is 1.86. The Labute approximate surface area is 56.2 Å². The fourth-order valence-electron chi connectivity index (χ4n) is 0.596. The second kappa shape index (κ2) is 4.36. The molecule has 2 nitrogen and oxygen atoms in total. The van der Waals surface area contributed by atoms with Crippen molar-refractivity contribution >= 4 is 5.97 Å². The molecular weight excluding hydrogens is 116 g/mol. The van der Waals surface area contributed by atoms with E-state index in [0.29, 0.717) is 6.61 Å². The number of carbonyl (C=O) groups excluding carboxylic acids is 1. The van der Waals surface area contributed by atoms with Crippen molar-refractivity contribution in [3.8, 4) is 0 Å². The van der Waals surface area contributed by atoms with Crippen LogP contribution >= 0.6 is 0 Å². The van der Waals surface area contributed by atoms with Gasteiger partial charge in [0.2, 0.25) is 0 Å². The van der Waals surface area contributed by atoms with Gasteiger partial charge in [0.15, 0.2) is 0 Å². The van der Waals surface area contributed by atoms with Crippen molar-refractivity contribution in [3.63, 3.8) is 0 Å². The second-order valence-corrected chi connectivity index (χ2v) is 1.86. The van der Waals surface area contributed by atoms with Crippen molar-refractivity contribution < 1.29 is 9.53 Å². The number of carbonyl (C=O) groups is 1. The van der Waals surface area contributed by atoms with Gasteiger partial charge in [0.1, 0.15) is 0 Å².